The van der Waals surface area contributed by atoms with E-state index in [1.807, 2.05) is 24.3 Å². The zero-order chi connectivity index (χ0) is 15.5. The van der Waals surface area contributed by atoms with Crippen LogP contribution >= 0.6 is 11.3 Å². The fourth-order valence-electron chi connectivity index (χ4n) is 2.11. The highest BCUT2D eigenvalue weighted by atomic mass is 32.1. The third-order valence-corrected chi connectivity index (χ3v) is 4.12. The maximum atomic E-state index is 11.8. The van der Waals surface area contributed by atoms with Crippen molar-refractivity contribution in [3.05, 3.63) is 24.3 Å². The molecule has 3 rings (SSSR count). The predicted octanol–water partition coefficient (Wildman–Crippen LogP) is 1.06. The van der Waals surface area contributed by atoms with Crippen LogP contribution in [0.5, 0.6) is 0 Å². The molecule has 8 heteroatoms. The van der Waals surface area contributed by atoms with Crippen LogP contribution in [0, 0.1) is 0 Å². The average molecular weight is 319 g/mol. The van der Waals surface area contributed by atoms with Crippen molar-refractivity contribution in [2.24, 2.45) is 0 Å². The fourth-order valence-corrected chi connectivity index (χ4v) is 2.99. The van der Waals surface area contributed by atoms with E-state index in [1.165, 1.54) is 11.3 Å². The Morgan fingerprint density at radius 1 is 1.41 bits per heavy atom. The largest absolute Gasteiger partial charge is 0.454 e. The Kier molecular flexibility index (Phi) is 4.01. The van der Waals surface area contributed by atoms with Crippen LogP contribution in [0.25, 0.3) is 10.2 Å². The first-order chi connectivity index (χ1) is 10.6. The first kappa shape index (κ1) is 14.5. The number of amides is 2. The standard InChI is InChI=1S/C14H13N3O4S/c18-11-6-5-9(15-11)13(20)21-7-12(19)17-14-16-8-3-1-2-4-10(8)22-14/h1-4,9H,5-7H2,(H,15,18)(H,16,17,19). The number of anilines is 1. The van der Waals surface area contributed by atoms with Gasteiger partial charge in [0.15, 0.2) is 11.7 Å². The zero-order valence-electron chi connectivity index (χ0n) is 11.5. The van der Waals surface area contributed by atoms with Crippen molar-refractivity contribution in [1.82, 2.24) is 10.3 Å². The van der Waals surface area contributed by atoms with Crippen LogP contribution in [0.3, 0.4) is 0 Å². The highest BCUT2D eigenvalue weighted by Crippen LogP contribution is 2.25. The number of benzene rings is 1. The van der Waals surface area contributed by atoms with Crippen LogP contribution in [0.1, 0.15) is 12.8 Å². The Balaban J connectivity index is 1.52. The number of nitrogens with zero attached hydrogens (tertiary/aromatic N) is 1. The third-order valence-electron chi connectivity index (χ3n) is 3.17. The van der Waals surface area contributed by atoms with E-state index in [0.717, 1.165) is 10.2 Å². The van der Waals surface area contributed by atoms with E-state index < -0.39 is 24.5 Å². The average Bonchev–Trinajstić information content (AvgIpc) is 3.10. The predicted molar refractivity (Wildman–Crippen MR) is 80.4 cm³/mol. The lowest BCUT2D eigenvalue weighted by atomic mass is 10.2. The van der Waals surface area contributed by atoms with Gasteiger partial charge < -0.3 is 10.1 Å². The van der Waals surface area contributed by atoms with Gasteiger partial charge in [0.05, 0.1) is 10.2 Å². The number of esters is 1. The van der Waals surface area contributed by atoms with Gasteiger partial charge in [0.25, 0.3) is 5.91 Å². The molecule has 0 aliphatic carbocycles. The summed E-state index contributed by atoms with van der Waals surface area (Å²) >= 11 is 1.34. The minimum Gasteiger partial charge on any atom is -0.454 e. The minimum atomic E-state index is -0.650. The second-order valence-corrected chi connectivity index (χ2v) is 5.83. The highest BCUT2D eigenvalue weighted by molar-refractivity contribution is 7.22. The summed E-state index contributed by atoms with van der Waals surface area (Å²) in [5, 5.41) is 5.53. The molecule has 22 heavy (non-hydrogen) atoms. The van der Waals surface area contributed by atoms with E-state index in [9.17, 15) is 14.4 Å². The van der Waals surface area contributed by atoms with Gasteiger partial charge in [-0.1, -0.05) is 23.5 Å². The second-order valence-electron chi connectivity index (χ2n) is 4.80. The van der Waals surface area contributed by atoms with Crippen molar-refractivity contribution in [2.75, 3.05) is 11.9 Å². The van der Waals surface area contributed by atoms with E-state index in [2.05, 4.69) is 15.6 Å². The maximum absolute atomic E-state index is 11.8. The summed E-state index contributed by atoms with van der Waals surface area (Å²) in [6.45, 7) is -0.402. The Bertz CT molecular complexity index is 710. The first-order valence-corrected chi connectivity index (χ1v) is 7.55. The summed E-state index contributed by atoms with van der Waals surface area (Å²) in [5.74, 6) is -1.23. The van der Waals surface area contributed by atoms with Crippen molar-refractivity contribution in [2.45, 2.75) is 18.9 Å². The summed E-state index contributed by atoms with van der Waals surface area (Å²) in [6.07, 6.45) is 0.703. The van der Waals surface area contributed by atoms with E-state index in [0.29, 0.717) is 18.0 Å². The molecule has 0 radical (unpaired) electrons. The van der Waals surface area contributed by atoms with Crippen molar-refractivity contribution < 1.29 is 19.1 Å². The number of thiazole rings is 1. The molecule has 1 aliphatic rings. The van der Waals surface area contributed by atoms with Gasteiger partial charge in [-0.2, -0.15) is 0 Å². The smallest absolute Gasteiger partial charge is 0.329 e. The van der Waals surface area contributed by atoms with Crippen molar-refractivity contribution >= 4 is 44.5 Å². The van der Waals surface area contributed by atoms with Gasteiger partial charge in [-0.15, -0.1) is 0 Å². The number of carbonyl (C=O) groups is 3. The van der Waals surface area contributed by atoms with Crippen LogP contribution in [-0.4, -0.2) is 35.4 Å². The Labute approximate surface area is 129 Å². The molecule has 2 amide bonds. The first-order valence-electron chi connectivity index (χ1n) is 6.73. The Hall–Kier alpha value is -2.48. The molecule has 7 nitrogen and oxygen atoms in total. The summed E-state index contributed by atoms with van der Waals surface area (Å²) in [4.78, 5) is 38.7. The number of nitrogens with one attached hydrogen (secondary N) is 2. The molecule has 1 aliphatic heterocycles. The topological polar surface area (TPSA) is 97.4 Å². The second kappa shape index (κ2) is 6.10. The zero-order valence-corrected chi connectivity index (χ0v) is 12.3. The number of hydrogen-bond donors (Lipinski definition) is 2. The molecule has 0 bridgehead atoms. The number of para-hydroxylation sites is 1. The van der Waals surface area contributed by atoms with Crippen LogP contribution in [0.4, 0.5) is 5.13 Å². The van der Waals surface area contributed by atoms with Gasteiger partial charge in [0, 0.05) is 6.42 Å². The van der Waals surface area contributed by atoms with Gasteiger partial charge in [-0.05, 0) is 18.6 Å². The molecule has 1 aromatic heterocycles. The summed E-state index contributed by atoms with van der Waals surface area (Å²) in [5.41, 5.74) is 0.800. The molecule has 0 spiro atoms. The van der Waals surface area contributed by atoms with E-state index in [-0.39, 0.29) is 5.91 Å². The maximum Gasteiger partial charge on any atom is 0.329 e. The van der Waals surface area contributed by atoms with Gasteiger partial charge in [-0.3, -0.25) is 14.9 Å². The van der Waals surface area contributed by atoms with Gasteiger partial charge >= 0.3 is 5.97 Å². The fraction of sp³-hybridized carbons (Fsp3) is 0.286. The Morgan fingerprint density at radius 3 is 2.95 bits per heavy atom. The van der Waals surface area contributed by atoms with E-state index in [4.69, 9.17) is 4.74 Å². The molecule has 0 saturated carbocycles. The number of hydrogen-bond acceptors (Lipinski definition) is 6. The molecule has 1 aromatic carbocycles. The molecule has 1 atom stereocenters. The molecule has 1 unspecified atom stereocenters. The summed E-state index contributed by atoms with van der Waals surface area (Å²) < 4.78 is 5.86. The molecule has 2 aromatic rings. The Morgan fingerprint density at radius 2 is 2.23 bits per heavy atom. The number of rotatable bonds is 4. The minimum absolute atomic E-state index is 0.180. The van der Waals surface area contributed by atoms with Gasteiger partial charge in [-0.25, -0.2) is 9.78 Å². The van der Waals surface area contributed by atoms with Gasteiger partial charge in [0.1, 0.15) is 6.04 Å². The van der Waals surface area contributed by atoms with Crippen LogP contribution < -0.4 is 10.6 Å². The number of fused-ring (bicyclic) bond motifs is 1. The lowest BCUT2D eigenvalue weighted by molar-refractivity contribution is -0.149. The van der Waals surface area contributed by atoms with Crippen LogP contribution in [0.15, 0.2) is 24.3 Å². The molecule has 2 N–H and O–H groups in total. The van der Waals surface area contributed by atoms with E-state index in [1.54, 1.807) is 0 Å². The lowest BCUT2D eigenvalue weighted by Crippen LogP contribution is -2.36. The lowest BCUT2D eigenvalue weighted by Gasteiger charge is -2.09. The van der Waals surface area contributed by atoms with Crippen LogP contribution in [-0.2, 0) is 19.1 Å². The molecule has 1 fully saturated rings. The number of ether oxygens (including phenoxy) is 1. The molecule has 114 valence electrons. The number of carbonyl (C=O) groups excluding carboxylic acids is 3. The normalized spacial score (nSPS) is 17.3. The van der Waals surface area contributed by atoms with E-state index >= 15 is 0 Å². The SMILES string of the molecule is O=C(COC(=O)C1CCC(=O)N1)Nc1nc2ccccc2s1. The molecule has 2 heterocycles. The molecular formula is C14H13N3O4S. The summed E-state index contributed by atoms with van der Waals surface area (Å²) in [6, 6.07) is 6.87. The molecule has 1 saturated heterocycles. The van der Waals surface area contributed by atoms with Crippen molar-refractivity contribution in [1.29, 1.82) is 0 Å². The monoisotopic (exact) mass is 319 g/mol. The summed E-state index contributed by atoms with van der Waals surface area (Å²) in [7, 11) is 0. The number of aromatic nitrogens is 1. The third kappa shape index (κ3) is 3.22. The highest BCUT2D eigenvalue weighted by Gasteiger charge is 2.28. The van der Waals surface area contributed by atoms with Crippen LogP contribution in [0.2, 0.25) is 0 Å². The molecular weight excluding hydrogens is 306 g/mol. The quantitative estimate of drug-likeness (QED) is 0.821. The van der Waals surface area contributed by atoms with Crippen molar-refractivity contribution in [3.63, 3.8) is 0 Å². The van der Waals surface area contributed by atoms with Gasteiger partial charge in [0.2, 0.25) is 5.91 Å². The van der Waals surface area contributed by atoms with Crippen molar-refractivity contribution in [3.8, 4) is 0 Å².